The molecule has 4 heteroatoms. The molecule has 0 aromatic heterocycles. The maximum absolute atomic E-state index is 10.0. The normalized spacial score (nSPS) is 38.6. The average molecular weight is 297 g/mol. The number of likely N-dealkylation sites (N-methyl/N-ethyl adjacent to an activating group) is 1. The first kappa shape index (κ1) is 17.2. The van der Waals surface area contributed by atoms with E-state index in [2.05, 4.69) is 37.7 Å². The van der Waals surface area contributed by atoms with E-state index in [1.807, 2.05) is 0 Å². The highest BCUT2D eigenvalue weighted by atomic mass is 16.3. The summed E-state index contributed by atoms with van der Waals surface area (Å²) in [5.41, 5.74) is 6.40. The van der Waals surface area contributed by atoms with Crippen molar-refractivity contribution >= 4 is 0 Å². The van der Waals surface area contributed by atoms with Gasteiger partial charge in [0.25, 0.3) is 0 Å². The summed E-state index contributed by atoms with van der Waals surface area (Å²) in [6, 6.07) is 0.833. The molecule has 0 bridgehead atoms. The molecule has 21 heavy (non-hydrogen) atoms. The molecule has 5 atom stereocenters. The van der Waals surface area contributed by atoms with E-state index in [0.717, 1.165) is 37.9 Å². The molecule has 1 aliphatic carbocycles. The molecule has 0 aromatic rings. The number of hydrogen-bond donors (Lipinski definition) is 2. The Bertz CT molecular complexity index is 321. The Morgan fingerprint density at radius 3 is 2.57 bits per heavy atom. The zero-order chi connectivity index (χ0) is 15.6. The SMILES string of the molecule is CC(C)C1CCC(N)C(CN2CC(O)CC2CN(C)C)C1. The molecule has 0 aromatic carbocycles. The van der Waals surface area contributed by atoms with Crippen LogP contribution in [0.1, 0.15) is 39.5 Å². The third kappa shape index (κ3) is 4.65. The standard InChI is InChI=1S/C17H35N3O/c1-12(2)13-5-6-17(18)14(7-13)9-20-11-16(21)8-15(20)10-19(3)4/h12-17,21H,5-11,18H2,1-4H3. The maximum Gasteiger partial charge on any atom is 0.0682 e. The van der Waals surface area contributed by atoms with Crippen LogP contribution >= 0.6 is 0 Å². The van der Waals surface area contributed by atoms with Gasteiger partial charge in [0, 0.05) is 31.7 Å². The van der Waals surface area contributed by atoms with Crippen molar-refractivity contribution in [3.8, 4) is 0 Å². The van der Waals surface area contributed by atoms with Crippen molar-refractivity contribution in [2.24, 2.45) is 23.5 Å². The predicted octanol–water partition coefficient (Wildman–Crippen LogP) is 1.38. The Labute approximate surface area is 130 Å². The number of hydrogen-bond acceptors (Lipinski definition) is 4. The van der Waals surface area contributed by atoms with Crippen LogP contribution in [0.25, 0.3) is 0 Å². The van der Waals surface area contributed by atoms with Crippen molar-refractivity contribution in [2.45, 2.75) is 57.7 Å². The van der Waals surface area contributed by atoms with Crippen LogP contribution in [0, 0.1) is 17.8 Å². The largest absolute Gasteiger partial charge is 0.392 e. The second-order valence-corrected chi connectivity index (χ2v) is 8.00. The van der Waals surface area contributed by atoms with Crippen LogP contribution in [0.4, 0.5) is 0 Å². The van der Waals surface area contributed by atoms with E-state index >= 15 is 0 Å². The van der Waals surface area contributed by atoms with Crippen molar-refractivity contribution in [3.63, 3.8) is 0 Å². The molecule has 0 spiro atoms. The van der Waals surface area contributed by atoms with Crippen molar-refractivity contribution in [3.05, 3.63) is 0 Å². The minimum Gasteiger partial charge on any atom is -0.392 e. The topological polar surface area (TPSA) is 52.7 Å². The van der Waals surface area contributed by atoms with Crippen LogP contribution in [0.2, 0.25) is 0 Å². The molecule has 2 rings (SSSR count). The van der Waals surface area contributed by atoms with Gasteiger partial charge < -0.3 is 15.7 Å². The molecular weight excluding hydrogens is 262 g/mol. The smallest absolute Gasteiger partial charge is 0.0682 e. The van der Waals surface area contributed by atoms with Crippen LogP contribution in [-0.4, -0.2) is 66.8 Å². The second-order valence-electron chi connectivity index (χ2n) is 8.00. The predicted molar refractivity (Wildman–Crippen MR) is 88.2 cm³/mol. The Morgan fingerprint density at radius 1 is 1.24 bits per heavy atom. The quantitative estimate of drug-likeness (QED) is 0.805. The van der Waals surface area contributed by atoms with Crippen LogP contribution in [-0.2, 0) is 0 Å². The van der Waals surface area contributed by atoms with Gasteiger partial charge in [-0.2, -0.15) is 0 Å². The summed E-state index contributed by atoms with van der Waals surface area (Å²) in [5, 5.41) is 10.0. The zero-order valence-electron chi connectivity index (χ0n) is 14.3. The average Bonchev–Trinajstić information content (AvgIpc) is 2.71. The van der Waals surface area contributed by atoms with E-state index < -0.39 is 0 Å². The molecule has 0 amide bonds. The number of rotatable bonds is 5. The van der Waals surface area contributed by atoms with Gasteiger partial charge in [0.15, 0.2) is 0 Å². The monoisotopic (exact) mass is 297 g/mol. The van der Waals surface area contributed by atoms with Crippen molar-refractivity contribution in [2.75, 3.05) is 33.7 Å². The van der Waals surface area contributed by atoms with Gasteiger partial charge in [-0.1, -0.05) is 13.8 Å². The molecule has 1 saturated carbocycles. The van der Waals surface area contributed by atoms with E-state index in [9.17, 15) is 5.11 Å². The fraction of sp³-hybridized carbons (Fsp3) is 1.00. The van der Waals surface area contributed by atoms with E-state index in [-0.39, 0.29) is 6.10 Å². The number of nitrogens with zero attached hydrogens (tertiary/aromatic N) is 2. The van der Waals surface area contributed by atoms with Gasteiger partial charge >= 0.3 is 0 Å². The van der Waals surface area contributed by atoms with Crippen molar-refractivity contribution in [1.29, 1.82) is 0 Å². The summed E-state index contributed by atoms with van der Waals surface area (Å²) >= 11 is 0. The minimum atomic E-state index is -0.157. The highest BCUT2D eigenvalue weighted by molar-refractivity contribution is 4.91. The second kappa shape index (κ2) is 7.40. The Morgan fingerprint density at radius 2 is 1.95 bits per heavy atom. The van der Waals surface area contributed by atoms with E-state index in [4.69, 9.17) is 5.73 Å². The highest BCUT2D eigenvalue weighted by Crippen LogP contribution is 2.34. The molecule has 5 unspecified atom stereocenters. The molecule has 1 aliphatic heterocycles. The fourth-order valence-corrected chi connectivity index (χ4v) is 4.23. The number of aliphatic hydroxyl groups excluding tert-OH is 1. The summed E-state index contributed by atoms with van der Waals surface area (Å²) in [6.45, 7) is 7.61. The lowest BCUT2D eigenvalue weighted by molar-refractivity contribution is 0.113. The summed E-state index contributed by atoms with van der Waals surface area (Å²) in [5.74, 6) is 2.19. The van der Waals surface area contributed by atoms with Crippen LogP contribution in [0.15, 0.2) is 0 Å². The third-order valence-electron chi connectivity index (χ3n) is 5.58. The summed E-state index contributed by atoms with van der Waals surface area (Å²) < 4.78 is 0. The maximum atomic E-state index is 10.0. The first-order chi connectivity index (χ1) is 9.86. The zero-order valence-corrected chi connectivity index (χ0v) is 14.3. The first-order valence-corrected chi connectivity index (χ1v) is 8.69. The van der Waals surface area contributed by atoms with Crippen LogP contribution < -0.4 is 5.73 Å². The van der Waals surface area contributed by atoms with Gasteiger partial charge in [-0.25, -0.2) is 0 Å². The molecule has 4 nitrogen and oxygen atoms in total. The summed E-state index contributed by atoms with van der Waals surface area (Å²) in [4.78, 5) is 4.73. The van der Waals surface area contributed by atoms with Gasteiger partial charge in [0.05, 0.1) is 6.10 Å². The molecule has 124 valence electrons. The Hall–Kier alpha value is -0.160. The van der Waals surface area contributed by atoms with Gasteiger partial charge in [-0.15, -0.1) is 0 Å². The van der Waals surface area contributed by atoms with Gasteiger partial charge in [-0.05, 0) is 57.5 Å². The van der Waals surface area contributed by atoms with Crippen molar-refractivity contribution in [1.82, 2.24) is 9.80 Å². The minimum absolute atomic E-state index is 0.157. The third-order valence-corrected chi connectivity index (χ3v) is 5.58. The van der Waals surface area contributed by atoms with E-state index in [1.165, 1.54) is 19.3 Å². The Balaban J connectivity index is 1.94. The van der Waals surface area contributed by atoms with Crippen LogP contribution in [0.3, 0.4) is 0 Å². The molecule has 0 radical (unpaired) electrons. The number of likely N-dealkylation sites (tertiary alicyclic amines) is 1. The van der Waals surface area contributed by atoms with E-state index in [0.29, 0.717) is 18.0 Å². The number of β-amino-alcohol motifs (C(OH)–C–C–N with tert-alkyl or cyclic N) is 1. The van der Waals surface area contributed by atoms with Gasteiger partial charge in [-0.3, -0.25) is 4.90 Å². The number of aliphatic hydroxyl groups is 1. The van der Waals surface area contributed by atoms with E-state index in [1.54, 1.807) is 0 Å². The lowest BCUT2D eigenvalue weighted by Crippen LogP contribution is -2.47. The fourth-order valence-electron chi connectivity index (χ4n) is 4.23. The molecule has 3 N–H and O–H groups in total. The first-order valence-electron chi connectivity index (χ1n) is 8.69. The van der Waals surface area contributed by atoms with Crippen molar-refractivity contribution < 1.29 is 5.11 Å². The van der Waals surface area contributed by atoms with Gasteiger partial charge in [0.2, 0.25) is 0 Å². The lowest BCUT2D eigenvalue weighted by Gasteiger charge is -2.39. The molecule has 2 fully saturated rings. The van der Waals surface area contributed by atoms with Crippen LogP contribution in [0.5, 0.6) is 0 Å². The summed E-state index contributed by atoms with van der Waals surface area (Å²) in [7, 11) is 4.23. The summed E-state index contributed by atoms with van der Waals surface area (Å²) in [6.07, 6.45) is 4.48. The molecule has 2 aliphatic rings. The molecule has 1 saturated heterocycles. The Kier molecular flexibility index (Phi) is 6.06. The number of nitrogens with two attached hydrogens (primary N) is 1. The molecule has 1 heterocycles. The highest BCUT2D eigenvalue weighted by Gasteiger charge is 2.36. The molecular formula is C17H35N3O. The van der Waals surface area contributed by atoms with Gasteiger partial charge in [0.1, 0.15) is 0 Å². The lowest BCUT2D eigenvalue weighted by atomic mass is 9.73.